The Labute approximate surface area is 193 Å². The van der Waals surface area contributed by atoms with E-state index >= 15 is 0 Å². The Bertz CT molecular complexity index is 1030. The second kappa shape index (κ2) is 11.4. The number of sulfone groups is 1. The third-order valence-corrected chi connectivity index (χ3v) is 6.21. The van der Waals surface area contributed by atoms with Gasteiger partial charge in [-0.1, -0.05) is 25.2 Å². The van der Waals surface area contributed by atoms with E-state index in [1.165, 1.54) is 30.4 Å². The number of aliphatic hydroxyl groups excluding tert-OH is 2. The maximum Gasteiger partial charge on any atom is 0.342 e. The summed E-state index contributed by atoms with van der Waals surface area (Å²) < 4.78 is 33.5. The highest BCUT2D eigenvalue weighted by atomic mass is 32.2. The molecule has 1 aliphatic heterocycles. The van der Waals surface area contributed by atoms with Crippen molar-refractivity contribution < 1.29 is 42.8 Å². The van der Waals surface area contributed by atoms with Crippen molar-refractivity contribution >= 4 is 27.7 Å². The van der Waals surface area contributed by atoms with E-state index in [4.69, 9.17) is 9.47 Å². The van der Waals surface area contributed by atoms with Gasteiger partial charge in [0.1, 0.15) is 39.1 Å². The number of aliphatic hydroxyl groups is 2. The van der Waals surface area contributed by atoms with Crippen molar-refractivity contribution in [1.82, 2.24) is 0 Å². The van der Waals surface area contributed by atoms with Crippen LogP contribution in [0.25, 0.3) is 6.08 Å². The maximum atomic E-state index is 12.8. The van der Waals surface area contributed by atoms with E-state index in [2.05, 4.69) is 0 Å². The zero-order chi connectivity index (χ0) is 24.8. The van der Waals surface area contributed by atoms with Crippen LogP contribution in [0.2, 0.25) is 0 Å². The summed E-state index contributed by atoms with van der Waals surface area (Å²) in [5.41, 5.74) is 0.125. The summed E-state index contributed by atoms with van der Waals surface area (Å²) in [4.78, 5) is 24.9. The van der Waals surface area contributed by atoms with Crippen LogP contribution in [0.3, 0.4) is 0 Å². The molecule has 4 atom stereocenters. The van der Waals surface area contributed by atoms with Crippen molar-refractivity contribution in [3.05, 3.63) is 41.5 Å². The van der Waals surface area contributed by atoms with Gasteiger partial charge in [0.15, 0.2) is 5.78 Å². The minimum Gasteiger partial charge on any atom is -0.507 e. The molecule has 1 aliphatic rings. The molecule has 0 aromatic heterocycles. The molecular weight excluding hydrogens is 452 g/mol. The predicted octanol–water partition coefficient (Wildman–Crippen LogP) is 1.65. The molecule has 1 heterocycles. The minimum atomic E-state index is -3.13. The van der Waals surface area contributed by atoms with Crippen molar-refractivity contribution in [3.63, 3.8) is 0 Å². The van der Waals surface area contributed by atoms with Crippen LogP contribution in [0.4, 0.5) is 0 Å². The van der Waals surface area contributed by atoms with Gasteiger partial charge in [0, 0.05) is 18.2 Å². The van der Waals surface area contributed by atoms with Crippen LogP contribution in [-0.2, 0) is 19.4 Å². The number of fused-ring (bicyclic) bond motifs is 1. The average molecular weight is 483 g/mol. The highest BCUT2D eigenvalue weighted by Gasteiger charge is 2.25. The number of benzene rings is 1. The minimum absolute atomic E-state index is 0.0559. The molecule has 182 valence electrons. The summed E-state index contributed by atoms with van der Waals surface area (Å²) in [6.45, 7) is 3.41. The lowest BCUT2D eigenvalue weighted by Crippen LogP contribution is -2.32. The van der Waals surface area contributed by atoms with E-state index in [-0.39, 0.29) is 48.0 Å². The Morgan fingerprint density at radius 2 is 1.85 bits per heavy atom. The number of cyclic esters (lactones) is 1. The first-order chi connectivity index (χ1) is 15.4. The van der Waals surface area contributed by atoms with E-state index < -0.39 is 45.7 Å². The third kappa shape index (κ3) is 7.99. The SMILES string of the molecule is CC1OC(=O)c2c(O)cc(OCCCS(C)(=O)=O)cc2/C=C/CC(O)C(O)C(=O)/C=C\[C@H]1C. The molecule has 0 radical (unpaired) electrons. The zero-order valence-corrected chi connectivity index (χ0v) is 19.6. The van der Waals surface area contributed by atoms with E-state index in [0.717, 1.165) is 12.3 Å². The van der Waals surface area contributed by atoms with Gasteiger partial charge in [-0.15, -0.1) is 0 Å². The van der Waals surface area contributed by atoms with Crippen molar-refractivity contribution in [2.24, 2.45) is 5.92 Å². The molecular formula is C23H30O9S. The van der Waals surface area contributed by atoms with Crippen LogP contribution in [-0.4, -0.2) is 72.4 Å². The first-order valence-corrected chi connectivity index (χ1v) is 12.6. The summed E-state index contributed by atoms with van der Waals surface area (Å²) >= 11 is 0. The fourth-order valence-corrected chi connectivity index (χ4v) is 3.70. The molecule has 3 unspecified atom stereocenters. The molecule has 0 fully saturated rings. The Morgan fingerprint density at radius 3 is 2.52 bits per heavy atom. The monoisotopic (exact) mass is 482 g/mol. The number of carbonyl (C=O) groups excluding carboxylic acids is 2. The molecule has 2 rings (SSSR count). The van der Waals surface area contributed by atoms with Gasteiger partial charge in [-0.25, -0.2) is 13.2 Å². The number of phenolic OH excluding ortho intramolecular Hbond substituents is 1. The number of ketones is 1. The summed E-state index contributed by atoms with van der Waals surface area (Å²) in [6.07, 6.45) is 3.15. The lowest BCUT2D eigenvalue weighted by atomic mass is 9.99. The molecule has 0 bridgehead atoms. The van der Waals surface area contributed by atoms with Crippen LogP contribution in [0.15, 0.2) is 30.4 Å². The normalized spacial score (nSPS) is 26.6. The molecule has 1 aromatic carbocycles. The van der Waals surface area contributed by atoms with Gasteiger partial charge in [0.2, 0.25) is 0 Å². The molecule has 0 aliphatic carbocycles. The zero-order valence-electron chi connectivity index (χ0n) is 18.8. The fraction of sp³-hybridized carbons (Fsp3) is 0.478. The molecule has 9 nitrogen and oxygen atoms in total. The smallest absolute Gasteiger partial charge is 0.342 e. The van der Waals surface area contributed by atoms with Crippen molar-refractivity contribution in [3.8, 4) is 11.5 Å². The molecule has 0 amide bonds. The Kier molecular flexibility index (Phi) is 9.21. The Hall–Kier alpha value is -2.69. The predicted molar refractivity (Wildman–Crippen MR) is 122 cm³/mol. The first-order valence-electron chi connectivity index (χ1n) is 10.5. The Balaban J connectivity index is 2.37. The molecule has 3 N–H and O–H groups in total. The van der Waals surface area contributed by atoms with Gasteiger partial charge in [0.05, 0.1) is 18.5 Å². The number of esters is 1. The highest BCUT2D eigenvalue weighted by Crippen LogP contribution is 2.31. The van der Waals surface area contributed by atoms with Crippen LogP contribution in [0.1, 0.15) is 42.6 Å². The van der Waals surface area contributed by atoms with Crippen molar-refractivity contribution in [2.45, 2.75) is 45.0 Å². The van der Waals surface area contributed by atoms with Gasteiger partial charge in [-0.2, -0.15) is 0 Å². The number of ether oxygens (including phenoxy) is 2. The van der Waals surface area contributed by atoms with E-state index in [0.29, 0.717) is 0 Å². The first kappa shape index (κ1) is 26.6. The van der Waals surface area contributed by atoms with Gasteiger partial charge >= 0.3 is 5.97 Å². The summed E-state index contributed by atoms with van der Waals surface area (Å²) in [5.74, 6) is -2.08. The molecule has 10 heteroatoms. The quantitative estimate of drug-likeness (QED) is 0.421. The number of hydrogen-bond donors (Lipinski definition) is 3. The standard InChI is InChI=1S/C23H30O9S/c1-14-8-9-19(25)22(27)18(24)7-4-6-16-12-17(31-10-5-11-33(3,29)30)13-20(26)21(16)23(28)32-15(14)2/h4,6,8-9,12-15,18,22,24,26-27H,5,7,10-11H2,1-3H3/b6-4+,9-8-/t14-,15?,18?,22?/m1/s1. The second-order valence-electron chi connectivity index (χ2n) is 8.12. The second-order valence-corrected chi connectivity index (χ2v) is 10.4. The van der Waals surface area contributed by atoms with Crippen LogP contribution in [0.5, 0.6) is 11.5 Å². The van der Waals surface area contributed by atoms with Gasteiger partial charge < -0.3 is 24.8 Å². The highest BCUT2D eigenvalue weighted by molar-refractivity contribution is 7.90. The van der Waals surface area contributed by atoms with Gasteiger partial charge in [-0.3, -0.25) is 4.79 Å². The Morgan fingerprint density at radius 1 is 1.15 bits per heavy atom. The summed E-state index contributed by atoms with van der Waals surface area (Å²) in [6, 6.07) is 2.71. The average Bonchev–Trinajstić information content (AvgIpc) is 2.72. The van der Waals surface area contributed by atoms with Gasteiger partial charge in [0.25, 0.3) is 0 Å². The number of phenols is 1. The molecule has 1 aromatic rings. The van der Waals surface area contributed by atoms with Crippen molar-refractivity contribution in [1.29, 1.82) is 0 Å². The fourth-order valence-electron chi connectivity index (χ4n) is 3.06. The van der Waals surface area contributed by atoms with E-state index in [9.17, 15) is 33.3 Å². The molecule has 0 saturated carbocycles. The third-order valence-electron chi connectivity index (χ3n) is 5.18. The lowest BCUT2D eigenvalue weighted by Gasteiger charge is -2.20. The van der Waals surface area contributed by atoms with E-state index in [1.807, 2.05) is 0 Å². The van der Waals surface area contributed by atoms with Gasteiger partial charge in [-0.05, 0) is 37.5 Å². The molecule has 33 heavy (non-hydrogen) atoms. The molecule has 0 spiro atoms. The number of hydrogen-bond acceptors (Lipinski definition) is 9. The summed E-state index contributed by atoms with van der Waals surface area (Å²) in [5, 5.41) is 30.7. The van der Waals surface area contributed by atoms with E-state index in [1.54, 1.807) is 13.8 Å². The van der Waals surface area contributed by atoms with Crippen LogP contribution in [0, 0.1) is 5.92 Å². The molecule has 0 saturated heterocycles. The lowest BCUT2D eigenvalue weighted by molar-refractivity contribution is -0.127. The van der Waals surface area contributed by atoms with Crippen molar-refractivity contribution in [2.75, 3.05) is 18.6 Å². The van der Waals surface area contributed by atoms with Crippen LogP contribution >= 0.6 is 0 Å². The van der Waals surface area contributed by atoms with Crippen LogP contribution < -0.4 is 4.74 Å². The maximum absolute atomic E-state index is 12.8. The largest absolute Gasteiger partial charge is 0.507 e. The summed E-state index contributed by atoms with van der Waals surface area (Å²) in [7, 11) is -3.13. The number of aromatic hydroxyl groups is 1. The topological polar surface area (TPSA) is 147 Å². The number of carbonyl (C=O) groups is 2. The number of rotatable bonds is 5.